The molecule has 0 amide bonds. The largest absolute Gasteiger partial charge is 0.772 e. The summed E-state index contributed by atoms with van der Waals surface area (Å²) >= 11 is -2.01. The van der Waals surface area contributed by atoms with Crippen molar-refractivity contribution in [2.24, 2.45) is 0 Å². The molecule has 0 heterocycles. The van der Waals surface area contributed by atoms with Crippen molar-refractivity contribution in [2.75, 3.05) is 19.0 Å². The highest BCUT2D eigenvalue weighted by Gasteiger charge is 2.20. The first-order valence-corrected chi connectivity index (χ1v) is 10.4. The van der Waals surface area contributed by atoms with Gasteiger partial charge in [0.2, 0.25) is 0 Å². The van der Waals surface area contributed by atoms with Crippen LogP contribution in [0.5, 0.6) is 5.75 Å². The van der Waals surface area contributed by atoms with Crippen LogP contribution < -0.4 is 4.74 Å². The van der Waals surface area contributed by atoms with Crippen LogP contribution in [0.3, 0.4) is 0 Å². The maximum atomic E-state index is 10.6. The number of aliphatic hydroxyl groups excluding tert-OH is 1. The molecule has 0 fully saturated rings. The van der Waals surface area contributed by atoms with Crippen molar-refractivity contribution in [1.82, 2.24) is 0 Å². The Labute approximate surface area is 157 Å². The molecule has 1 atom stereocenters. The SMILES string of the molecule is Cc1cc(OCCCS(=O)[O-])cc2c1C1=CCC(CO)=CC=C1CCC2. The maximum absolute atomic E-state index is 10.6. The molecule has 0 spiro atoms. The third kappa shape index (κ3) is 4.53. The zero-order valence-corrected chi connectivity index (χ0v) is 15.9. The molecule has 3 rings (SSSR count). The lowest BCUT2D eigenvalue weighted by molar-refractivity contribution is 0.316. The van der Waals surface area contributed by atoms with Gasteiger partial charge in [0, 0.05) is 5.75 Å². The van der Waals surface area contributed by atoms with Crippen LogP contribution in [-0.4, -0.2) is 32.8 Å². The van der Waals surface area contributed by atoms with E-state index in [4.69, 9.17) is 4.74 Å². The number of hydrogen-bond acceptors (Lipinski definition) is 4. The third-order valence-corrected chi connectivity index (χ3v) is 5.54. The van der Waals surface area contributed by atoms with Crippen molar-refractivity contribution in [3.05, 3.63) is 58.2 Å². The van der Waals surface area contributed by atoms with E-state index in [1.165, 1.54) is 27.8 Å². The predicted octanol–water partition coefficient (Wildman–Crippen LogP) is 3.61. The number of aliphatic hydroxyl groups is 1. The fourth-order valence-electron chi connectivity index (χ4n) is 3.66. The van der Waals surface area contributed by atoms with Crippen molar-refractivity contribution >= 4 is 16.7 Å². The first-order valence-electron chi connectivity index (χ1n) is 9.11. The average Bonchev–Trinajstić information content (AvgIpc) is 2.90. The first-order chi connectivity index (χ1) is 12.6. The fraction of sp³-hybridized carbons (Fsp3) is 0.429. The third-order valence-electron chi connectivity index (χ3n) is 4.91. The second-order valence-corrected chi connectivity index (χ2v) is 7.85. The van der Waals surface area contributed by atoms with E-state index in [0.29, 0.717) is 13.0 Å². The fourth-order valence-corrected chi connectivity index (χ4v) is 4.02. The Morgan fingerprint density at radius 3 is 2.88 bits per heavy atom. The molecule has 0 saturated carbocycles. The Hall–Kier alpha value is -1.69. The summed E-state index contributed by atoms with van der Waals surface area (Å²) in [7, 11) is 0. The summed E-state index contributed by atoms with van der Waals surface area (Å²) < 4.78 is 27.0. The van der Waals surface area contributed by atoms with Crippen LogP contribution in [0.4, 0.5) is 0 Å². The van der Waals surface area contributed by atoms with E-state index in [1.54, 1.807) is 0 Å². The minimum Gasteiger partial charge on any atom is -0.772 e. The van der Waals surface area contributed by atoms with Crippen LogP contribution in [0, 0.1) is 6.92 Å². The van der Waals surface area contributed by atoms with Gasteiger partial charge < -0.3 is 14.4 Å². The number of allylic oxidation sites excluding steroid dienone is 5. The summed E-state index contributed by atoms with van der Waals surface area (Å²) in [6, 6.07) is 4.15. The van der Waals surface area contributed by atoms with Crippen molar-refractivity contribution in [2.45, 2.75) is 39.0 Å². The molecule has 0 aromatic heterocycles. The van der Waals surface area contributed by atoms with E-state index in [9.17, 15) is 13.9 Å². The number of rotatable bonds is 6. The Morgan fingerprint density at radius 1 is 1.27 bits per heavy atom. The van der Waals surface area contributed by atoms with Crippen molar-refractivity contribution in [1.29, 1.82) is 0 Å². The maximum Gasteiger partial charge on any atom is 0.119 e. The Balaban J connectivity index is 1.86. The van der Waals surface area contributed by atoms with Crippen LogP contribution in [-0.2, 0) is 17.5 Å². The van der Waals surface area contributed by atoms with E-state index < -0.39 is 11.1 Å². The summed E-state index contributed by atoms with van der Waals surface area (Å²) in [5.41, 5.74) is 7.40. The van der Waals surface area contributed by atoms with Crippen LogP contribution in [0.2, 0.25) is 0 Å². The number of hydrogen-bond donors (Lipinski definition) is 1. The van der Waals surface area contributed by atoms with Gasteiger partial charge in [0.25, 0.3) is 0 Å². The van der Waals surface area contributed by atoms with Crippen LogP contribution >= 0.6 is 0 Å². The lowest BCUT2D eigenvalue weighted by Crippen LogP contribution is -2.05. The molecule has 1 aromatic carbocycles. The molecule has 2 aliphatic rings. The molecule has 1 N–H and O–H groups in total. The molecule has 0 saturated heterocycles. The molecule has 1 unspecified atom stereocenters. The molecule has 26 heavy (non-hydrogen) atoms. The minimum atomic E-state index is -2.01. The summed E-state index contributed by atoms with van der Waals surface area (Å²) in [6.45, 7) is 2.61. The van der Waals surface area contributed by atoms with E-state index in [0.717, 1.165) is 37.0 Å². The number of fused-ring (bicyclic) bond motifs is 3. The van der Waals surface area contributed by atoms with Crippen molar-refractivity contribution in [3.8, 4) is 5.75 Å². The zero-order chi connectivity index (χ0) is 18.5. The highest BCUT2D eigenvalue weighted by atomic mass is 32.2. The molecule has 0 bridgehead atoms. The Morgan fingerprint density at radius 2 is 2.12 bits per heavy atom. The molecule has 2 aliphatic carbocycles. The lowest BCUT2D eigenvalue weighted by atomic mass is 9.90. The quantitative estimate of drug-likeness (QED) is 0.611. The normalized spacial score (nSPS) is 17.7. The number of benzene rings is 1. The number of ether oxygens (including phenoxy) is 1. The van der Waals surface area contributed by atoms with Crippen LogP contribution in [0.25, 0.3) is 5.57 Å². The van der Waals surface area contributed by atoms with E-state index >= 15 is 0 Å². The Kier molecular flexibility index (Phi) is 6.46. The molecular weight excluding hydrogens is 348 g/mol. The summed E-state index contributed by atoms with van der Waals surface area (Å²) in [4.78, 5) is 0. The first kappa shape index (κ1) is 19.1. The molecule has 140 valence electrons. The van der Waals surface area contributed by atoms with Gasteiger partial charge in [-0.2, -0.15) is 0 Å². The van der Waals surface area contributed by atoms with E-state index in [-0.39, 0.29) is 12.4 Å². The van der Waals surface area contributed by atoms with Crippen LogP contribution in [0.1, 0.15) is 42.4 Å². The van der Waals surface area contributed by atoms with Gasteiger partial charge in [0.05, 0.1) is 13.2 Å². The highest BCUT2D eigenvalue weighted by molar-refractivity contribution is 7.79. The second kappa shape index (κ2) is 8.80. The molecule has 4 nitrogen and oxygen atoms in total. The standard InChI is InChI=1S/C21H26O4S/c1-15-12-19(25-10-3-11-26(23)24)13-18-5-2-4-17-8-6-16(14-22)7-9-20(17)21(15)18/h6,8-9,12-13,22H,2-5,7,10-11,14H2,1H3,(H,23,24)/p-1. The predicted molar refractivity (Wildman–Crippen MR) is 104 cm³/mol. The van der Waals surface area contributed by atoms with Gasteiger partial charge in [-0.3, -0.25) is 4.21 Å². The average molecular weight is 373 g/mol. The van der Waals surface area contributed by atoms with Gasteiger partial charge in [-0.05, 0) is 84.6 Å². The van der Waals surface area contributed by atoms with Gasteiger partial charge in [-0.15, -0.1) is 0 Å². The van der Waals surface area contributed by atoms with Crippen LogP contribution in [0.15, 0.2) is 41.5 Å². The smallest absolute Gasteiger partial charge is 0.119 e. The molecule has 5 heteroatoms. The molecule has 0 radical (unpaired) electrons. The molecule has 1 aromatic rings. The van der Waals surface area contributed by atoms with E-state index in [2.05, 4.69) is 31.2 Å². The Bertz CT molecular complexity index is 789. The van der Waals surface area contributed by atoms with Gasteiger partial charge in [0.1, 0.15) is 5.75 Å². The van der Waals surface area contributed by atoms with Gasteiger partial charge >= 0.3 is 0 Å². The highest BCUT2D eigenvalue weighted by Crippen LogP contribution is 2.39. The summed E-state index contributed by atoms with van der Waals surface area (Å²) in [5, 5.41) is 9.45. The van der Waals surface area contributed by atoms with E-state index in [1.807, 2.05) is 6.07 Å². The minimum absolute atomic E-state index is 0.0975. The summed E-state index contributed by atoms with van der Waals surface area (Å²) in [6.07, 6.45) is 10.8. The molecular formula is C21H25O4S-. The van der Waals surface area contributed by atoms with Gasteiger partial charge in [-0.25, -0.2) is 0 Å². The summed E-state index contributed by atoms with van der Waals surface area (Å²) in [5.74, 6) is 0.944. The molecule has 0 aliphatic heterocycles. The zero-order valence-electron chi connectivity index (χ0n) is 15.1. The van der Waals surface area contributed by atoms with Gasteiger partial charge in [0.15, 0.2) is 0 Å². The second-order valence-electron chi connectivity index (χ2n) is 6.83. The van der Waals surface area contributed by atoms with Gasteiger partial charge in [-0.1, -0.05) is 29.3 Å². The van der Waals surface area contributed by atoms with Crippen molar-refractivity contribution in [3.63, 3.8) is 0 Å². The lowest BCUT2D eigenvalue weighted by Gasteiger charge is -2.17. The monoisotopic (exact) mass is 373 g/mol. The number of aryl methyl sites for hydroxylation is 2. The van der Waals surface area contributed by atoms with Crippen molar-refractivity contribution < 1.29 is 18.6 Å². The topological polar surface area (TPSA) is 69.6 Å².